The Morgan fingerprint density at radius 2 is 2.21 bits per heavy atom. The highest BCUT2D eigenvalue weighted by atomic mass is 79.9. The van der Waals surface area contributed by atoms with Gasteiger partial charge in [-0.3, -0.25) is 4.79 Å². The molecule has 3 nitrogen and oxygen atoms in total. The monoisotopic (exact) mass is 263 g/mol. The van der Waals surface area contributed by atoms with Crippen molar-refractivity contribution < 1.29 is 9.90 Å². The largest absolute Gasteiger partial charge is 0.394 e. The molecule has 82 valence electrons. The van der Waals surface area contributed by atoms with Crippen molar-refractivity contribution in [3.05, 3.63) is 0 Å². The molecule has 0 aromatic rings. The minimum atomic E-state index is -0.516. The van der Waals surface area contributed by atoms with Crippen LogP contribution in [0.4, 0.5) is 0 Å². The second-order valence-corrected chi connectivity index (χ2v) is 6.29. The van der Waals surface area contributed by atoms with Gasteiger partial charge in [-0.15, -0.1) is 0 Å². The number of carbonyl (C=O) groups is 1. The van der Waals surface area contributed by atoms with Gasteiger partial charge in [-0.2, -0.15) is 0 Å². The fourth-order valence-electron chi connectivity index (χ4n) is 1.80. The van der Waals surface area contributed by atoms with E-state index in [1.165, 1.54) is 0 Å². The first-order chi connectivity index (χ1) is 6.46. The van der Waals surface area contributed by atoms with E-state index in [0.29, 0.717) is 0 Å². The predicted molar refractivity (Wildman–Crippen MR) is 59.4 cm³/mol. The Bertz CT molecular complexity index is 213. The van der Waals surface area contributed by atoms with Crippen LogP contribution in [0.5, 0.6) is 0 Å². The Labute approximate surface area is 93.6 Å². The second-order valence-electron chi connectivity index (χ2n) is 4.30. The zero-order valence-electron chi connectivity index (χ0n) is 8.79. The number of likely N-dealkylation sites (tertiary alicyclic amines) is 1. The molecule has 0 bridgehead atoms. The first-order valence-electron chi connectivity index (χ1n) is 5.07. The van der Waals surface area contributed by atoms with E-state index in [0.717, 1.165) is 25.8 Å². The van der Waals surface area contributed by atoms with Crippen LogP contribution in [0.25, 0.3) is 0 Å². The summed E-state index contributed by atoms with van der Waals surface area (Å²) in [5.41, 5.74) is 0. The lowest BCUT2D eigenvalue weighted by Gasteiger charge is -2.37. The summed E-state index contributed by atoms with van der Waals surface area (Å²) in [5.74, 6) is 0.0799. The van der Waals surface area contributed by atoms with Gasteiger partial charge in [-0.1, -0.05) is 15.9 Å². The standard InChI is InChI=1S/C10H18BrNO2/c1-10(2,11)9(14)12-6-4-3-5-8(12)7-13/h8,13H,3-7H2,1-2H3. The molecule has 1 aliphatic heterocycles. The Morgan fingerprint density at radius 1 is 1.57 bits per heavy atom. The third kappa shape index (κ3) is 2.70. The number of rotatable bonds is 2. The van der Waals surface area contributed by atoms with Crippen molar-refractivity contribution in [3.8, 4) is 0 Å². The Balaban J connectivity index is 2.69. The van der Waals surface area contributed by atoms with Crippen molar-refractivity contribution in [1.82, 2.24) is 4.90 Å². The molecular formula is C10H18BrNO2. The summed E-state index contributed by atoms with van der Waals surface area (Å²) in [6.07, 6.45) is 3.08. The average molecular weight is 264 g/mol. The molecule has 1 amide bonds. The lowest BCUT2D eigenvalue weighted by molar-refractivity contribution is -0.137. The van der Waals surface area contributed by atoms with Crippen LogP contribution >= 0.6 is 15.9 Å². The Hall–Kier alpha value is -0.0900. The molecule has 14 heavy (non-hydrogen) atoms. The van der Waals surface area contributed by atoms with E-state index in [1.807, 2.05) is 13.8 Å². The van der Waals surface area contributed by atoms with Gasteiger partial charge in [-0.25, -0.2) is 0 Å². The number of amides is 1. The zero-order valence-corrected chi connectivity index (χ0v) is 10.4. The third-order valence-corrected chi connectivity index (χ3v) is 2.95. The maximum absolute atomic E-state index is 12.0. The van der Waals surface area contributed by atoms with Gasteiger partial charge < -0.3 is 10.0 Å². The number of carbonyl (C=O) groups excluding carboxylic acids is 1. The zero-order chi connectivity index (χ0) is 10.8. The summed E-state index contributed by atoms with van der Waals surface area (Å²) >= 11 is 3.36. The second kappa shape index (κ2) is 4.62. The molecule has 1 atom stereocenters. The molecule has 0 aromatic carbocycles. The molecule has 1 aliphatic rings. The van der Waals surface area contributed by atoms with Crippen LogP contribution in [0.2, 0.25) is 0 Å². The summed E-state index contributed by atoms with van der Waals surface area (Å²) in [7, 11) is 0. The molecule has 1 unspecified atom stereocenters. The molecule has 1 fully saturated rings. The molecule has 4 heteroatoms. The fourth-order valence-corrected chi connectivity index (χ4v) is 2.03. The smallest absolute Gasteiger partial charge is 0.239 e. The molecule has 0 saturated carbocycles. The van der Waals surface area contributed by atoms with Crippen molar-refractivity contribution in [2.24, 2.45) is 0 Å². The van der Waals surface area contributed by atoms with Gasteiger partial charge >= 0.3 is 0 Å². The SMILES string of the molecule is CC(C)(Br)C(=O)N1CCCCC1CO. The maximum Gasteiger partial charge on any atom is 0.239 e. The van der Waals surface area contributed by atoms with Crippen molar-refractivity contribution in [3.63, 3.8) is 0 Å². The molecular weight excluding hydrogens is 246 g/mol. The number of halogens is 1. The first kappa shape index (κ1) is 12.0. The quantitative estimate of drug-likeness (QED) is 0.768. The summed E-state index contributed by atoms with van der Waals surface area (Å²) in [6, 6.07) is 0.0214. The predicted octanol–water partition coefficient (Wildman–Crippen LogP) is 1.53. The van der Waals surface area contributed by atoms with E-state index < -0.39 is 4.32 Å². The fraction of sp³-hybridized carbons (Fsp3) is 0.900. The van der Waals surface area contributed by atoms with E-state index in [9.17, 15) is 4.79 Å². The Morgan fingerprint density at radius 3 is 2.71 bits per heavy atom. The highest BCUT2D eigenvalue weighted by molar-refractivity contribution is 9.10. The van der Waals surface area contributed by atoms with E-state index in [1.54, 1.807) is 4.90 Å². The lowest BCUT2D eigenvalue weighted by atomic mass is 10.0. The van der Waals surface area contributed by atoms with Crippen molar-refractivity contribution in [2.75, 3.05) is 13.2 Å². The van der Waals surface area contributed by atoms with Crippen LogP contribution in [0.1, 0.15) is 33.1 Å². The molecule has 0 radical (unpaired) electrons. The molecule has 1 saturated heterocycles. The minimum absolute atomic E-state index is 0.0214. The first-order valence-corrected chi connectivity index (χ1v) is 5.87. The van der Waals surface area contributed by atoms with Crippen molar-refractivity contribution in [2.45, 2.75) is 43.5 Å². The van der Waals surface area contributed by atoms with Crippen LogP contribution in [0, 0.1) is 0 Å². The molecule has 1 heterocycles. The van der Waals surface area contributed by atoms with Gasteiger partial charge in [-0.05, 0) is 33.1 Å². The number of aliphatic hydroxyl groups excluding tert-OH is 1. The summed E-state index contributed by atoms with van der Waals surface area (Å²) < 4.78 is -0.516. The van der Waals surface area contributed by atoms with Gasteiger partial charge in [0.15, 0.2) is 0 Å². The highest BCUT2D eigenvalue weighted by Crippen LogP contribution is 2.25. The number of aliphatic hydroxyl groups is 1. The molecule has 1 rings (SSSR count). The maximum atomic E-state index is 12.0. The summed E-state index contributed by atoms with van der Waals surface area (Å²) in [6.45, 7) is 4.55. The van der Waals surface area contributed by atoms with Crippen LogP contribution in [0.3, 0.4) is 0 Å². The third-order valence-electron chi connectivity index (χ3n) is 2.61. The van der Waals surface area contributed by atoms with Crippen molar-refractivity contribution in [1.29, 1.82) is 0 Å². The van der Waals surface area contributed by atoms with E-state index in [4.69, 9.17) is 5.11 Å². The summed E-state index contributed by atoms with van der Waals surface area (Å²) in [5, 5.41) is 9.17. The average Bonchev–Trinajstić information content (AvgIpc) is 2.15. The number of nitrogens with zero attached hydrogens (tertiary/aromatic N) is 1. The number of alkyl halides is 1. The Kier molecular flexibility index (Phi) is 3.95. The topological polar surface area (TPSA) is 40.5 Å². The van der Waals surface area contributed by atoms with Crippen LogP contribution in [-0.2, 0) is 4.79 Å². The molecule has 0 aliphatic carbocycles. The van der Waals surface area contributed by atoms with Gasteiger partial charge in [0.05, 0.1) is 17.0 Å². The normalized spacial score (nSPS) is 23.7. The van der Waals surface area contributed by atoms with Gasteiger partial charge in [0.1, 0.15) is 0 Å². The summed E-state index contributed by atoms with van der Waals surface area (Å²) in [4.78, 5) is 13.8. The number of hydrogen-bond donors (Lipinski definition) is 1. The van der Waals surface area contributed by atoms with Crippen molar-refractivity contribution >= 4 is 21.8 Å². The van der Waals surface area contributed by atoms with E-state index >= 15 is 0 Å². The van der Waals surface area contributed by atoms with Gasteiger partial charge in [0, 0.05) is 6.54 Å². The van der Waals surface area contributed by atoms with Crippen LogP contribution < -0.4 is 0 Å². The molecule has 0 aromatic heterocycles. The number of hydrogen-bond acceptors (Lipinski definition) is 2. The van der Waals surface area contributed by atoms with Crippen LogP contribution in [-0.4, -0.2) is 39.4 Å². The van der Waals surface area contributed by atoms with E-state index in [-0.39, 0.29) is 18.6 Å². The molecule has 1 N–H and O–H groups in total. The molecule has 0 spiro atoms. The number of piperidine rings is 1. The highest BCUT2D eigenvalue weighted by Gasteiger charge is 2.34. The van der Waals surface area contributed by atoms with E-state index in [2.05, 4.69) is 15.9 Å². The lowest BCUT2D eigenvalue weighted by Crippen LogP contribution is -2.51. The minimum Gasteiger partial charge on any atom is -0.394 e. The van der Waals surface area contributed by atoms with Gasteiger partial charge in [0.25, 0.3) is 0 Å². The van der Waals surface area contributed by atoms with Crippen LogP contribution in [0.15, 0.2) is 0 Å². The van der Waals surface area contributed by atoms with Gasteiger partial charge in [0.2, 0.25) is 5.91 Å².